The second-order valence-corrected chi connectivity index (χ2v) is 18.0. The van der Waals surface area contributed by atoms with Gasteiger partial charge in [0.25, 0.3) is 11.8 Å². The smallest absolute Gasteiger partial charge is 0.287 e. The lowest BCUT2D eigenvalue weighted by molar-refractivity contribution is -0.145. The fourth-order valence-corrected chi connectivity index (χ4v) is 9.45. The molecule has 3 saturated carbocycles. The molecule has 4 aliphatic rings. The number of sulfone groups is 1. The first kappa shape index (κ1) is 37.6. The molecule has 5 N–H and O–H groups in total. The summed E-state index contributed by atoms with van der Waals surface area (Å²) in [7, 11) is -3.49. The van der Waals surface area contributed by atoms with Crippen LogP contribution >= 0.6 is 0 Å². The molecule has 1 aliphatic heterocycles. The Morgan fingerprint density at radius 1 is 1.02 bits per heavy atom. The molecule has 282 valence electrons. The molecule has 1 spiro atoms. The van der Waals surface area contributed by atoms with Crippen LogP contribution in [0.15, 0.2) is 35.4 Å². The van der Waals surface area contributed by atoms with Gasteiger partial charge in [-0.25, -0.2) is 13.1 Å². The fraction of sp³-hybridized carbons (Fsp3) is 0.639. The Hall–Kier alpha value is -4.18. The van der Waals surface area contributed by atoms with Gasteiger partial charge in [-0.2, -0.15) is 0 Å². The number of benzene rings is 1. The van der Waals surface area contributed by atoms with E-state index in [1.54, 1.807) is 13.8 Å². The van der Waals surface area contributed by atoms with Crippen LogP contribution in [0.2, 0.25) is 0 Å². The fourth-order valence-electron chi connectivity index (χ4n) is 8.82. The van der Waals surface area contributed by atoms with Crippen LogP contribution in [-0.4, -0.2) is 93.3 Å². The number of ketones is 1. The molecular formula is C36H49N7O8S. The third kappa shape index (κ3) is 7.49. The predicted molar refractivity (Wildman–Crippen MR) is 187 cm³/mol. The first-order chi connectivity index (χ1) is 24.4. The number of nitrogens with one attached hydrogen (secondary N) is 2. The van der Waals surface area contributed by atoms with E-state index < -0.39 is 68.5 Å². The van der Waals surface area contributed by atoms with Crippen LogP contribution in [0.3, 0.4) is 0 Å². The minimum Gasteiger partial charge on any atom is -0.384 e. The molecule has 6 rings (SSSR count). The van der Waals surface area contributed by atoms with Crippen molar-refractivity contribution in [3.8, 4) is 0 Å². The SMILES string of the molecule is CC(C)(O)c1cnnn1[C@H]1C[C@@H](C(=O)NC2(C(=O)C(N)=O)CCCCC2)N(C(=O)C(CC2CC3(CCC3)C2)NC(=O)c2ccc(S(C)(=O)=O)cc2)C1. The van der Waals surface area contributed by atoms with Gasteiger partial charge in [-0.05, 0) is 94.4 Å². The number of amides is 4. The molecule has 4 amide bonds. The lowest BCUT2D eigenvalue weighted by Crippen LogP contribution is -2.63. The molecule has 0 radical (unpaired) electrons. The van der Waals surface area contributed by atoms with E-state index in [4.69, 9.17) is 5.73 Å². The van der Waals surface area contributed by atoms with Crippen LogP contribution in [-0.2, 0) is 34.6 Å². The van der Waals surface area contributed by atoms with E-state index in [0.717, 1.165) is 38.4 Å². The molecule has 15 nitrogen and oxygen atoms in total. The topological polar surface area (TPSA) is 224 Å². The lowest BCUT2D eigenvalue weighted by atomic mass is 9.51. The molecule has 0 bridgehead atoms. The van der Waals surface area contributed by atoms with E-state index in [1.165, 1.54) is 46.5 Å². The van der Waals surface area contributed by atoms with Gasteiger partial charge in [0.15, 0.2) is 9.84 Å². The van der Waals surface area contributed by atoms with Gasteiger partial charge in [-0.1, -0.05) is 30.9 Å². The second kappa shape index (κ2) is 14.0. The quantitative estimate of drug-likeness (QED) is 0.231. The molecule has 1 aromatic heterocycles. The lowest BCUT2D eigenvalue weighted by Gasteiger charge is -2.55. The Balaban J connectivity index is 1.31. The van der Waals surface area contributed by atoms with Crippen molar-refractivity contribution in [1.29, 1.82) is 0 Å². The Morgan fingerprint density at radius 3 is 2.23 bits per heavy atom. The maximum atomic E-state index is 14.8. The van der Waals surface area contributed by atoms with E-state index >= 15 is 0 Å². The molecule has 2 aromatic rings. The molecule has 52 heavy (non-hydrogen) atoms. The molecule has 16 heteroatoms. The van der Waals surface area contributed by atoms with Crippen molar-refractivity contribution in [2.75, 3.05) is 12.8 Å². The number of likely N-dealkylation sites (tertiary alicyclic amines) is 1. The number of hydrogen-bond donors (Lipinski definition) is 4. The van der Waals surface area contributed by atoms with Crippen molar-refractivity contribution in [3.05, 3.63) is 41.7 Å². The molecule has 3 aliphatic carbocycles. The maximum absolute atomic E-state index is 14.8. The zero-order valence-corrected chi connectivity index (χ0v) is 30.8. The highest BCUT2D eigenvalue weighted by Crippen LogP contribution is 2.59. The number of aliphatic hydroxyl groups is 1. The summed E-state index contributed by atoms with van der Waals surface area (Å²) in [5.74, 6) is -3.55. The first-order valence-corrected chi connectivity index (χ1v) is 20.0. The number of aromatic nitrogens is 3. The third-order valence-electron chi connectivity index (χ3n) is 11.7. The minimum atomic E-state index is -3.49. The number of carbonyl (C=O) groups excluding carboxylic acids is 5. The van der Waals surface area contributed by atoms with Crippen LogP contribution in [0.5, 0.6) is 0 Å². The average molecular weight is 740 g/mol. The van der Waals surface area contributed by atoms with E-state index in [9.17, 15) is 37.5 Å². The number of Topliss-reactive ketones (excluding diaryl/α,β-unsaturated/α-hetero) is 1. The Bertz CT molecular complexity index is 1830. The summed E-state index contributed by atoms with van der Waals surface area (Å²) in [6, 6.07) is 2.72. The van der Waals surface area contributed by atoms with Crippen molar-refractivity contribution in [3.63, 3.8) is 0 Å². The highest BCUT2D eigenvalue weighted by Gasteiger charge is 2.52. The van der Waals surface area contributed by atoms with Crippen LogP contribution in [0, 0.1) is 11.3 Å². The van der Waals surface area contributed by atoms with Crippen molar-refractivity contribution in [2.45, 2.75) is 125 Å². The molecule has 2 heterocycles. The number of carbonyl (C=O) groups is 5. The molecule has 3 atom stereocenters. The zero-order valence-electron chi connectivity index (χ0n) is 30.0. The van der Waals surface area contributed by atoms with Gasteiger partial charge in [-0.3, -0.25) is 24.0 Å². The minimum absolute atomic E-state index is 0.00976. The summed E-state index contributed by atoms with van der Waals surface area (Å²) in [6.45, 7) is 3.15. The Kier molecular flexibility index (Phi) is 10.1. The Labute approximate surface area is 303 Å². The number of nitrogens with two attached hydrogens (primary N) is 1. The van der Waals surface area contributed by atoms with Crippen LogP contribution in [0.25, 0.3) is 0 Å². The third-order valence-corrected chi connectivity index (χ3v) is 12.8. The summed E-state index contributed by atoms with van der Waals surface area (Å²) in [4.78, 5) is 69.5. The Morgan fingerprint density at radius 2 is 1.67 bits per heavy atom. The van der Waals surface area contributed by atoms with Crippen molar-refractivity contribution >= 4 is 39.2 Å². The molecule has 1 unspecified atom stereocenters. The monoisotopic (exact) mass is 739 g/mol. The number of hydrogen-bond acceptors (Lipinski definition) is 10. The maximum Gasteiger partial charge on any atom is 0.287 e. The highest BCUT2D eigenvalue weighted by atomic mass is 32.2. The van der Waals surface area contributed by atoms with Crippen LogP contribution in [0.1, 0.15) is 113 Å². The van der Waals surface area contributed by atoms with E-state index in [-0.39, 0.29) is 42.2 Å². The van der Waals surface area contributed by atoms with E-state index in [0.29, 0.717) is 30.4 Å². The highest BCUT2D eigenvalue weighted by molar-refractivity contribution is 7.90. The summed E-state index contributed by atoms with van der Waals surface area (Å²) in [5, 5.41) is 24.8. The van der Waals surface area contributed by atoms with Crippen molar-refractivity contribution in [1.82, 2.24) is 30.5 Å². The van der Waals surface area contributed by atoms with Crippen molar-refractivity contribution < 1.29 is 37.5 Å². The average Bonchev–Trinajstić information content (AvgIpc) is 3.72. The van der Waals surface area contributed by atoms with Crippen molar-refractivity contribution in [2.24, 2.45) is 17.1 Å². The van der Waals surface area contributed by atoms with Crippen LogP contribution < -0.4 is 16.4 Å². The molecular weight excluding hydrogens is 691 g/mol. The van der Waals surface area contributed by atoms with Gasteiger partial charge in [0.2, 0.25) is 17.6 Å². The molecule has 4 fully saturated rings. The summed E-state index contributed by atoms with van der Waals surface area (Å²) >= 11 is 0. The number of rotatable bonds is 12. The normalized spacial score (nSPS) is 23.3. The largest absolute Gasteiger partial charge is 0.384 e. The zero-order chi connectivity index (χ0) is 37.6. The van der Waals surface area contributed by atoms with Gasteiger partial charge in [0, 0.05) is 24.8 Å². The van der Waals surface area contributed by atoms with Gasteiger partial charge in [0.05, 0.1) is 22.8 Å². The van der Waals surface area contributed by atoms with E-state index in [1.807, 2.05) is 0 Å². The number of primary amides is 1. The molecule has 1 saturated heterocycles. The predicted octanol–water partition coefficient (Wildman–Crippen LogP) is 1.69. The summed E-state index contributed by atoms with van der Waals surface area (Å²) < 4.78 is 25.5. The van der Waals surface area contributed by atoms with Gasteiger partial charge in [-0.15, -0.1) is 5.10 Å². The van der Waals surface area contributed by atoms with Gasteiger partial charge < -0.3 is 26.4 Å². The number of nitrogens with zero attached hydrogens (tertiary/aromatic N) is 4. The molecule has 1 aromatic carbocycles. The van der Waals surface area contributed by atoms with Crippen LogP contribution in [0.4, 0.5) is 0 Å². The van der Waals surface area contributed by atoms with E-state index in [2.05, 4.69) is 20.9 Å². The standard InChI is InChI=1S/C36H49N7O8S/c1-34(2,49)28-20-38-41-43(28)24-17-27(32(47)40-36(29(44)30(37)45)14-5-4-6-15-36)42(21-24)33(48)26(16-22-18-35(19-22)12-7-13-35)39-31(46)23-8-10-25(11-9-23)52(3,50)51/h8-11,20,22,24,26-27,49H,4-7,12-19,21H2,1-3H3,(H2,37,45)(H,39,46)(H,40,47)/t24-,26?,27-/m0/s1. The first-order valence-electron chi connectivity index (χ1n) is 18.1. The van der Waals surface area contributed by atoms with Gasteiger partial charge >= 0.3 is 0 Å². The summed E-state index contributed by atoms with van der Waals surface area (Å²) in [6.07, 6.45) is 10.7. The van der Waals surface area contributed by atoms with Gasteiger partial charge in [0.1, 0.15) is 23.2 Å². The summed E-state index contributed by atoms with van der Waals surface area (Å²) in [5.41, 5.74) is 3.46. The second-order valence-electron chi connectivity index (χ2n) is 16.0.